The van der Waals surface area contributed by atoms with Gasteiger partial charge in [-0.3, -0.25) is 9.10 Å². The van der Waals surface area contributed by atoms with Gasteiger partial charge in [0, 0.05) is 19.7 Å². The summed E-state index contributed by atoms with van der Waals surface area (Å²) in [7, 11) is -2.67. The van der Waals surface area contributed by atoms with Crippen LogP contribution >= 0.6 is 0 Å². The van der Waals surface area contributed by atoms with Gasteiger partial charge in [-0.25, -0.2) is 13.2 Å². The molecule has 1 atom stereocenters. The molecule has 1 amide bonds. The summed E-state index contributed by atoms with van der Waals surface area (Å²) in [5, 5.41) is 9.43. The zero-order chi connectivity index (χ0) is 17.6. The maximum absolute atomic E-state index is 13.0. The van der Waals surface area contributed by atoms with Crippen molar-refractivity contribution in [2.24, 2.45) is 12.8 Å². The number of aromatic nitrogens is 1. The normalized spacial score (nSPS) is 16.9. The van der Waals surface area contributed by atoms with Gasteiger partial charge in [0.15, 0.2) is 0 Å². The predicted octanol–water partition coefficient (Wildman–Crippen LogP) is 0.329. The zero-order valence-corrected chi connectivity index (χ0v) is 13.5. The largest absolute Gasteiger partial charge is 0.480 e. The number of aryl methyl sites for hydroxylation is 1. The summed E-state index contributed by atoms with van der Waals surface area (Å²) < 4.78 is 28.2. The van der Waals surface area contributed by atoms with E-state index in [1.54, 1.807) is 24.3 Å². The van der Waals surface area contributed by atoms with Crippen molar-refractivity contribution in [3.63, 3.8) is 0 Å². The molecule has 3 N–H and O–H groups in total. The number of benzene rings is 1. The van der Waals surface area contributed by atoms with Gasteiger partial charge in [0.1, 0.15) is 16.6 Å². The lowest BCUT2D eigenvalue weighted by molar-refractivity contribution is -0.138. The van der Waals surface area contributed by atoms with Crippen LogP contribution in [0.1, 0.15) is 16.1 Å². The lowest BCUT2D eigenvalue weighted by atomic mass is 10.1. The van der Waals surface area contributed by atoms with Crippen LogP contribution in [0.25, 0.3) is 0 Å². The van der Waals surface area contributed by atoms with Gasteiger partial charge >= 0.3 is 5.97 Å². The van der Waals surface area contributed by atoms with Gasteiger partial charge in [0.2, 0.25) is 0 Å². The van der Waals surface area contributed by atoms with Crippen molar-refractivity contribution in [2.45, 2.75) is 17.4 Å². The van der Waals surface area contributed by atoms with Gasteiger partial charge in [-0.2, -0.15) is 0 Å². The second-order valence-corrected chi connectivity index (χ2v) is 7.34. The topological polar surface area (TPSA) is 123 Å². The summed E-state index contributed by atoms with van der Waals surface area (Å²) >= 11 is 0. The first-order valence-corrected chi connectivity index (χ1v) is 8.49. The number of sulfonamides is 1. The molecule has 9 heteroatoms. The molecule has 24 heavy (non-hydrogen) atoms. The van der Waals surface area contributed by atoms with Gasteiger partial charge in [0.05, 0.1) is 5.69 Å². The molecule has 0 spiro atoms. The number of aliphatic carboxylic acids is 1. The molecule has 3 rings (SSSR count). The number of hydrogen-bond acceptors (Lipinski definition) is 4. The van der Waals surface area contributed by atoms with Crippen molar-refractivity contribution >= 4 is 27.6 Å². The van der Waals surface area contributed by atoms with Gasteiger partial charge < -0.3 is 15.4 Å². The molecule has 0 radical (unpaired) electrons. The quantitative estimate of drug-likeness (QED) is 0.823. The van der Waals surface area contributed by atoms with Crippen LogP contribution in [0.2, 0.25) is 0 Å². The Morgan fingerprint density at radius 2 is 1.96 bits per heavy atom. The number of rotatable bonds is 4. The monoisotopic (exact) mass is 349 g/mol. The molecule has 0 saturated carbocycles. The second-order valence-electron chi connectivity index (χ2n) is 5.52. The van der Waals surface area contributed by atoms with E-state index in [1.807, 2.05) is 0 Å². The van der Waals surface area contributed by atoms with Crippen molar-refractivity contribution < 1.29 is 23.1 Å². The Kier molecular flexibility index (Phi) is 3.60. The second kappa shape index (κ2) is 5.38. The van der Waals surface area contributed by atoms with Crippen molar-refractivity contribution in [3.8, 4) is 0 Å². The third kappa shape index (κ3) is 2.33. The van der Waals surface area contributed by atoms with Gasteiger partial charge in [0.25, 0.3) is 15.9 Å². The summed E-state index contributed by atoms with van der Waals surface area (Å²) in [6, 6.07) is 6.54. The van der Waals surface area contributed by atoms with E-state index in [0.717, 1.165) is 10.4 Å². The van der Waals surface area contributed by atoms with Gasteiger partial charge in [-0.05, 0) is 17.7 Å². The van der Waals surface area contributed by atoms with Crippen LogP contribution in [0.3, 0.4) is 0 Å². The molecule has 1 aliphatic heterocycles. The minimum atomic E-state index is -4.16. The Hall–Kier alpha value is -2.81. The SMILES string of the molecule is Cn1cc(S(=O)(=O)N2c3ccccc3CC2C(=O)O)cc1C(N)=O. The van der Waals surface area contributed by atoms with E-state index in [9.17, 15) is 23.1 Å². The molecule has 1 aromatic carbocycles. The highest BCUT2D eigenvalue weighted by Crippen LogP contribution is 2.37. The molecule has 1 aromatic heterocycles. The Morgan fingerprint density at radius 3 is 2.54 bits per heavy atom. The molecule has 2 heterocycles. The number of amides is 1. The first kappa shape index (κ1) is 16.1. The molecule has 0 fully saturated rings. The van der Waals surface area contributed by atoms with Crippen molar-refractivity contribution in [1.29, 1.82) is 0 Å². The minimum Gasteiger partial charge on any atom is -0.480 e. The number of carboxylic acids is 1. The molecule has 2 aromatic rings. The van der Waals surface area contributed by atoms with Crippen LogP contribution in [-0.2, 0) is 28.3 Å². The molecule has 0 aliphatic carbocycles. The molecule has 1 unspecified atom stereocenters. The first-order valence-electron chi connectivity index (χ1n) is 7.05. The van der Waals surface area contributed by atoms with E-state index in [1.165, 1.54) is 17.8 Å². The Bertz CT molecular complexity index is 948. The highest BCUT2D eigenvalue weighted by Gasteiger charge is 2.42. The van der Waals surface area contributed by atoms with Crippen molar-refractivity contribution in [2.75, 3.05) is 4.31 Å². The standard InChI is InChI=1S/C15H15N3O5S/c1-17-8-10(7-12(17)14(16)19)24(22,23)18-11-5-3-2-4-9(11)6-13(18)15(20)21/h2-5,7-8,13H,6H2,1H3,(H2,16,19)(H,20,21). The number of para-hydroxylation sites is 1. The highest BCUT2D eigenvalue weighted by atomic mass is 32.2. The predicted molar refractivity (Wildman–Crippen MR) is 85.2 cm³/mol. The Morgan fingerprint density at radius 1 is 1.29 bits per heavy atom. The lowest BCUT2D eigenvalue weighted by Crippen LogP contribution is -2.42. The van der Waals surface area contributed by atoms with Crippen molar-refractivity contribution in [1.82, 2.24) is 4.57 Å². The summed E-state index contributed by atoms with van der Waals surface area (Å²) in [5.41, 5.74) is 6.20. The summed E-state index contributed by atoms with van der Waals surface area (Å²) in [6.07, 6.45) is 1.33. The average Bonchev–Trinajstić information content (AvgIpc) is 3.08. The number of carboxylic acid groups (broad SMARTS) is 1. The van der Waals surface area contributed by atoms with E-state index < -0.39 is 27.9 Å². The number of hydrogen-bond donors (Lipinski definition) is 2. The minimum absolute atomic E-state index is 0.0212. The molecule has 126 valence electrons. The van der Waals surface area contributed by atoms with Gasteiger partial charge in [-0.15, -0.1) is 0 Å². The maximum Gasteiger partial charge on any atom is 0.327 e. The fraction of sp³-hybridized carbons (Fsp3) is 0.200. The summed E-state index contributed by atoms with van der Waals surface area (Å²) in [6.45, 7) is 0. The van der Waals surface area contributed by atoms with E-state index in [-0.39, 0.29) is 17.0 Å². The molecule has 0 saturated heterocycles. The summed E-state index contributed by atoms with van der Waals surface area (Å²) in [5.74, 6) is -2.00. The van der Waals surface area contributed by atoms with Crippen LogP contribution < -0.4 is 10.0 Å². The van der Waals surface area contributed by atoms with E-state index in [2.05, 4.69) is 0 Å². The van der Waals surface area contributed by atoms with Gasteiger partial charge in [-0.1, -0.05) is 18.2 Å². The Balaban J connectivity index is 2.16. The first-order chi connectivity index (χ1) is 11.2. The number of nitrogens with two attached hydrogens (primary N) is 1. The van der Waals surface area contributed by atoms with E-state index in [4.69, 9.17) is 5.73 Å². The molecule has 8 nitrogen and oxygen atoms in total. The third-order valence-corrected chi connectivity index (χ3v) is 5.79. The van der Waals surface area contributed by atoms with E-state index >= 15 is 0 Å². The molecular weight excluding hydrogens is 334 g/mol. The Labute approximate surface area is 138 Å². The maximum atomic E-state index is 13.0. The summed E-state index contributed by atoms with van der Waals surface area (Å²) in [4.78, 5) is 22.7. The molecule has 0 bridgehead atoms. The fourth-order valence-electron chi connectivity index (χ4n) is 2.88. The smallest absolute Gasteiger partial charge is 0.327 e. The number of nitrogens with zero attached hydrogens (tertiary/aromatic N) is 2. The van der Waals surface area contributed by atoms with Crippen LogP contribution in [0, 0.1) is 0 Å². The molecular formula is C15H15N3O5S. The lowest BCUT2D eigenvalue weighted by Gasteiger charge is -2.23. The fourth-order valence-corrected chi connectivity index (χ4v) is 4.59. The van der Waals surface area contributed by atoms with Crippen LogP contribution in [0.5, 0.6) is 0 Å². The molecule has 1 aliphatic rings. The zero-order valence-electron chi connectivity index (χ0n) is 12.7. The average molecular weight is 349 g/mol. The van der Waals surface area contributed by atoms with Crippen molar-refractivity contribution in [3.05, 3.63) is 47.8 Å². The number of carbonyl (C=O) groups excluding carboxylic acids is 1. The van der Waals surface area contributed by atoms with Crippen LogP contribution in [-0.4, -0.2) is 36.0 Å². The highest BCUT2D eigenvalue weighted by molar-refractivity contribution is 7.93. The third-order valence-electron chi connectivity index (χ3n) is 4.00. The van der Waals surface area contributed by atoms with Crippen LogP contribution in [0.15, 0.2) is 41.4 Å². The van der Waals surface area contributed by atoms with E-state index in [0.29, 0.717) is 11.3 Å². The number of primary amides is 1. The number of anilines is 1. The van der Waals surface area contributed by atoms with Crippen LogP contribution in [0.4, 0.5) is 5.69 Å². The number of carbonyl (C=O) groups is 2. The number of fused-ring (bicyclic) bond motifs is 1.